The van der Waals surface area contributed by atoms with Crippen molar-refractivity contribution in [1.82, 2.24) is 4.98 Å². The molecule has 0 atom stereocenters. The van der Waals surface area contributed by atoms with Crippen LogP contribution in [0.25, 0.3) is 10.8 Å². The van der Waals surface area contributed by atoms with Gasteiger partial charge in [0, 0.05) is 22.9 Å². The van der Waals surface area contributed by atoms with Crippen molar-refractivity contribution in [3.05, 3.63) is 37.9 Å². The summed E-state index contributed by atoms with van der Waals surface area (Å²) >= 11 is 9.04. The molecule has 0 aliphatic rings. The molecule has 82 valence electrons. The lowest BCUT2D eigenvalue weighted by molar-refractivity contribution is -0.384. The Hall–Kier alpha value is -1.40. The number of anilines is 1. The fourth-order valence-corrected chi connectivity index (χ4v) is 1.99. The normalized spacial score (nSPS) is 10.6. The number of rotatable bonds is 1. The first-order valence-corrected chi connectivity index (χ1v) is 5.36. The molecular formula is C9H5BrClN3O2. The van der Waals surface area contributed by atoms with Crippen molar-refractivity contribution in [1.29, 1.82) is 0 Å². The number of non-ortho nitro benzene ring substituents is 1. The summed E-state index contributed by atoms with van der Waals surface area (Å²) in [6.45, 7) is 0. The van der Waals surface area contributed by atoms with Crippen LogP contribution in [0.4, 0.5) is 11.5 Å². The molecule has 5 nitrogen and oxygen atoms in total. The van der Waals surface area contributed by atoms with E-state index in [9.17, 15) is 10.1 Å². The molecule has 1 aromatic heterocycles. The Labute approximate surface area is 103 Å². The monoisotopic (exact) mass is 301 g/mol. The summed E-state index contributed by atoms with van der Waals surface area (Å²) in [5, 5.41) is 12.0. The minimum Gasteiger partial charge on any atom is -0.383 e. The zero-order valence-electron chi connectivity index (χ0n) is 7.78. The highest BCUT2D eigenvalue weighted by atomic mass is 79.9. The topological polar surface area (TPSA) is 82.0 Å². The van der Waals surface area contributed by atoms with Gasteiger partial charge in [0.2, 0.25) is 0 Å². The highest BCUT2D eigenvalue weighted by molar-refractivity contribution is 9.10. The molecule has 0 amide bonds. The van der Waals surface area contributed by atoms with Crippen molar-refractivity contribution in [2.45, 2.75) is 0 Å². The average molecular weight is 303 g/mol. The van der Waals surface area contributed by atoms with E-state index in [0.29, 0.717) is 15.2 Å². The minimum absolute atomic E-state index is 0.0186. The summed E-state index contributed by atoms with van der Waals surface area (Å²) < 4.78 is 0.502. The third kappa shape index (κ3) is 1.70. The van der Waals surface area contributed by atoms with Crippen molar-refractivity contribution in [3.8, 4) is 0 Å². The van der Waals surface area contributed by atoms with Gasteiger partial charge in [-0.15, -0.1) is 0 Å². The summed E-state index contributed by atoms with van der Waals surface area (Å²) in [6, 6.07) is 4.33. The summed E-state index contributed by atoms with van der Waals surface area (Å²) in [5.74, 6) is 0.248. The van der Waals surface area contributed by atoms with Crippen LogP contribution in [-0.2, 0) is 0 Å². The molecule has 2 N–H and O–H groups in total. The number of aromatic nitrogens is 1. The second-order valence-corrected chi connectivity index (χ2v) is 4.24. The predicted molar refractivity (Wildman–Crippen MR) is 65.5 cm³/mol. The standard InChI is InChI=1S/C9H5BrClN3O2/c10-7-6-3-4(14(15)16)1-2-5(6)9(12)13-8(7)11/h1-3H,(H2,12,13). The third-order valence-corrected chi connectivity index (χ3v) is 3.43. The van der Waals surface area contributed by atoms with Crippen LogP contribution in [0.3, 0.4) is 0 Å². The summed E-state index contributed by atoms with van der Waals surface area (Å²) in [4.78, 5) is 14.1. The number of nitrogen functional groups attached to an aromatic ring is 1. The molecule has 1 aromatic carbocycles. The lowest BCUT2D eigenvalue weighted by Crippen LogP contribution is -1.95. The largest absolute Gasteiger partial charge is 0.383 e. The van der Waals surface area contributed by atoms with E-state index < -0.39 is 4.92 Å². The van der Waals surface area contributed by atoms with Crippen molar-refractivity contribution < 1.29 is 4.92 Å². The quantitative estimate of drug-likeness (QED) is 0.498. The van der Waals surface area contributed by atoms with Gasteiger partial charge in [0.25, 0.3) is 5.69 Å². The van der Waals surface area contributed by atoms with Gasteiger partial charge in [0.05, 0.1) is 9.40 Å². The molecule has 0 aliphatic carbocycles. The van der Waals surface area contributed by atoms with E-state index in [0.717, 1.165) is 0 Å². The Bertz CT molecular complexity index is 603. The van der Waals surface area contributed by atoms with Gasteiger partial charge < -0.3 is 5.73 Å². The molecule has 0 spiro atoms. The Morgan fingerprint density at radius 3 is 2.75 bits per heavy atom. The number of nitrogens with zero attached hydrogens (tertiary/aromatic N) is 2. The average Bonchev–Trinajstić information content (AvgIpc) is 2.25. The number of nitro groups is 1. The van der Waals surface area contributed by atoms with Crippen LogP contribution < -0.4 is 5.73 Å². The lowest BCUT2D eigenvalue weighted by Gasteiger charge is -2.05. The van der Waals surface area contributed by atoms with Gasteiger partial charge in [0.1, 0.15) is 11.0 Å². The maximum Gasteiger partial charge on any atom is 0.270 e. The van der Waals surface area contributed by atoms with Crippen LogP contribution >= 0.6 is 27.5 Å². The van der Waals surface area contributed by atoms with Crippen LogP contribution in [0.15, 0.2) is 22.7 Å². The van der Waals surface area contributed by atoms with Crippen LogP contribution in [0, 0.1) is 10.1 Å². The first-order chi connectivity index (χ1) is 7.50. The third-order valence-electron chi connectivity index (χ3n) is 2.13. The first kappa shape index (κ1) is 11.1. The minimum atomic E-state index is -0.476. The SMILES string of the molecule is Nc1nc(Cl)c(Br)c2cc([N+](=O)[O-])ccc12. The Kier molecular flexibility index (Phi) is 2.69. The number of benzene rings is 1. The summed E-state index contributed by atoms with van der Waals surface area (Å²) in [7, 11) is 0. The molecule has 0 saturated heterocycles. The molecule has 0 radical (unpaired) electrons. The van der Waals surface area contributed by atoms with Crippen LogP contribution in [0.1, 0.15) is 0 Å². The fraction of sp³-hybridized carbons (Fsp3) is 0. The van der Waals surface area contributed by atoms with Crippen molar-refractivity contribution in [3.63, 3.8) is 0 Å². The number of hydrogen-bond acceptors (Lipinski definition) is 4. The van der Waals surface area contributed by atoms with Crippen LogP contribution in [0.5, 0.6) is 0 Å². The van der Waals surface area contributed by atoms with Crippen molar-refractivity contribution in [2.75, 3.05) is 5.73 Å². The smallest absolute Gasteiger partial charge is 0.270 e. The molecule has 16 heavy (non-hydrogen) atoms. The maximum absolute atomic E-state index is 10.6. The second kappa shape index (κ2) is 3.88. The fourth-order valence-electron chi connectivity index (χ4n) is 1.38. The first-order valence-electron chi connectivity index (χ1n) is 4.19. The number of nitro benzene ring substituents is 1. The molecule has 0 bridgehead atoms. The highest BCUT2D eigenvalue weighted by Crippen LogP contribution is 2.34. The Morgan fingerprint density at radius 2 is 2.12 bits per heavy atom. The molecule has 2 aromatic rings. The molecule has 0 unspecified atom stereocenters. The van der Waals surface area contributed by atoms with E-state index in [2.05, 4.69) is 20.9 Å². The van der Waals surface area contributed by atoms with Gasteiger partial charge in [-0.2, -0.15) is 0 Å². The van der Waals surface area contributed by atoms with Gasteiger partial charge in [-0.05, 0) is 22.0 Å². The van der Waals surface area contributed by atoms with E-state index in [1.807, 2.05) is 0 Å². The molecular weight excluding hydrogens is 297 g/mol. The molecule has 0 aliphatic heterocycles. The number of halogens is 2. The van der Waals surface area contributed by atoms with Crippen molar-refractivity contribution >= 4 is 49.8 Å². The number of nitrogens with two attached hydrogens (primary N) is 1. The number of fused-ring (bicyclic) bond motifs is 1. The highest BCUT2D eigenvalue weighted by Gasteiger charge is 2.13. The zero-order chi connectivity index (χ0) is 11.9. The Balaban J connectivity index is 2.86. The molecule has 0 fully saturated rings. The molecule has 2 rings (SSSR count). The van der Waals surface area contributed by atoms with Crippen LogP contribution in [0.2, 0.25) is 5.15 Å². The Morgan fingerprint density at radius 1 is 1.44 bits per heavy atom. The van der Waals surface area contributed by atoms with E-state index in [4.69, 9.17) is 17.3 Å². The van der Waals surface area contributed by atoms with Gasteiger partial charge in [-0.3, -0.25) is 10.1 Å². The molecule has 0 saturated carbocycles. The van der Waals surface area contributed by atoms with Gasteiger partial charge in [-0.1, -0.05) is 11.6 Å². The molecule has 7 heteroatoms. The summed E-state index contributed by atoms with van der Waals surface area (Å²) in [5.41, 5.74) is 5.65. The summed E-state index contributed by atoms with van der Waals surface area (Å²) in [6.07, 6.45) is 0. The van der Waals surface area contributed by atoms with E-state index in [1.54, 1.807) is 6.07 Å². The van der Waals surface area contributed by atoms with Gasteiger partial charge >= 0.3 is 0 Å². The number of pyridine rings is 1. The second-order valence-electron chi connectivity index (χ2n) is 3.09. The lowest BCUT2D eigenvalue weighted by atomic mass is 10.1. The van der Waals surface area contributed by atoms with E-state index in [1.165, 1.54) is 12.1 Å². The number of hydrogen-bond donors (Lipinski definition) is 1. The maximum atomic E-state index is 10.6. The zero-order valence-corrected chi connectivity index (χ0v) is 10.1. The van der Waals surface area contributed by atoms with Crippen LogP contribution in [-0.4, -0.2) is 9.91 Å². The van der Waals surface area contributed by atoms with Crippen molar-refractivity contribution in [2.24, 2.45) is 0 Å². The molecule has 1 heterocycles. The van der Waals surface area contributed by atoms with E-state index >= 15 is 0 Å². The predicted octanol–water partition coefficient (Wildman–Crippen LogP) is 3.14. The van der Waals surface area contributed by atoms with E-state index in [-0.39, 0.29) is 16.7 Å². The van der Waals surface area contributed by atoms with Gasteiger partial charge in [-0.25, -0.2) is 4.98 Å². The van der Waals surface area contributed by atoms with Gasteiger partial charge in [0.15, 0.2) is 0 Å².